The highest BCUT2D eigenvalue weighted by Crippen LogP contribution is 2.21. The minimum atomic E-state index is 0. The number of aryl methyl sites for hydroxylation is 1. The molecule has 0 radical (unpaired) electrons. The largest absolute Gasteiger partial charge is 0.385 e. The van der Waals surface area contributed by atoms with Crippen LogP contribution in [0.25, 0.3) is 0 Å². The molecule has 0 saturated carbocycles. The van der Waals surface area contributed by atoms with Gasteiger partial charge in [-0.05, 0) is 75.9 Å². The molecule has 1 N–H and O–H groups in total. The zero-order chi connectivity index (χ0) is 16.6. The molecule has 0 unspecified atom stereocenters. The number of nitrogens with one attached hydrogen (secondary N) is 1. The first-order valence-electron chi connectivity index (χ1n) is 9.36. The number of anilines is 1. The van der Waals surface area contributed by atoms with Crippen LogP contribution in [0.3, 0.4) is 0 Å². The highest BCUT2D eigenvalue weighted by Gasteiger charge is 2.18. The molecule has 2 aromatic carbocycles. The van der Waals surface area contributed by atoms with Gasteiger partial charge < -0.3 is 10.2 Å². The molecule has 0 aliphatic carbocycles. The van der Waals surface area contributed by atoms with Crippen molar-refractivity contribution in [3.05, 3.63) is 65.7 Å². The molecule has 0 spiro atoms. The average Bonchev–Trinajstić information content (AvgIpc) is 2.62. The lowest BCUT2D eigenvalue weighted by Gasteiger charge is -2.32. The van der Waals surface area contributed by atoms with E-state index in [-0.39, 0.29) is 24.8 Å². The SMILES string of the molecule is Cc1ccc(NCCCN2CCC(Cc3ccccc3)CC2)cc1.Cl.Cl. The number of likely N-dealkylation sites (tertiary alicyclic amines) is 1. The molecule has 1 fully saturated rings. The highest BCUT2D eigenvalue weighted by atomic mass is 35.5. The smallest absolute Gasteiger partial charge is 0.0340 e. The molecule has 144 valence electrons. The molecule has 1 saturated heterocycles. The van der Waals surface area contributed by atoms with Crippen LogP contribution in [0.15, 0.2) is 54.6 Å². The van der Waals surface area contributed by atoms with E-state index in [9.17, 15) is 0 Å². The Hall–Kier alpha value is -1.22. The van der Waals surface area contributed by atoms with E-state index >= 15 is 0 Å². The van der Waals surface area contributed by atoms with Gasteiger partial charge in [0.15, 0.2) is 0 Å². The molecular weight excluding hydrogens is 363 g/mol. The van der Waals surface area contributed by atoms with E-state index in [4.69, 9.17) is 0 Å². The normalized spacial score (nSPS) is 15.0. The van der Waals surface area contributed by atoms with Crippen LogP contribution >= 0.6 is 24.8 Å². The van der Waals surface area contributed by atoms with Gasteiger partial charge in [-0.2, -0.15) is 0 Å². The van der Waals surface area contributed by atoms with Crippen molar-refractivity contribution in [2.75, 3.05) is 31.5 Å². The second-order valence-corrected chi connectivity index (χ2v) is 7.12. The first-order valence-corrected chi connectivity index (χ1v) is 9.36. The van der Waals surface area contributed by atoms with Crippen LogP contribution in [0.4, 0.5) is 5.69 Å². The summed E-state index contributed by atoms with van der Waals surface area (Å²) in [5, 5.41) is 3.53. The van der Waals surface area contributed by atoms with Crippen LogP contribution in [0, 0.1) is 12.8 Å². The van der Waals surface area contributed by atoms with Gasteiger partial charge in [-0.15, -0.1) is 24.8 Å². The minimum Gasteiger partial charge on any atom is -0.385 e. The summed E-state index contributed by atoms with van der Waals surface area (Å²) in [6, 6.07) is 19.6. The van der Waals surface area contributed by atoms with Crippen molar-refractivity contribution in [2.24, 2.45) is 5.92 Å². The molecule has 2 nitrogen and oxygen atoms in total. The van der Waals surface area contributed by atoms with E-state index in [0.29, 0.717) is 0 Å². The fourth-order valence-corrected chi connectivity index (χ4v) is 3.57. The third kappa shape index (κ3) is 7.57. The van der Waals surface area contributed by atoms with Gasteiger partial charge in [-0.3, -0.25) is 0 Å². The highest BCUT2D eigenvalue weighted by molar-refractivity contribution is 5.85. The van der Waals surface area contributed by atoms with Crippen LogP contribution in [-0.4, -0.2) is 31.1 Å². The first kappa shape index (κ1) is 22.8. The topological polar surface area (TPSA) is 15.3 Å². The Balaban J connectivity index is 0.00000169. The van der Waals surface area contributed by atoms with Gasteiger partial charge >= 0.3 is 0 Å². The molecule has 1 heterocycles. The Morgan fingerprint density at radius 1 is 0.923 bits per heavy atom. The second kappa shape index (κ2) is 12.2. The lowest BCUT2D eigenvalue weighted by atomic mass is 9.90. The molecule has 0 aromatic heterocycles. The van der Waals surface area contributed by atoms with Crippen molar-refractivity contribution in [2.45, 2.75) is 32.6 Å². The maximum Gasteiger partial charge on any atom is 0.0340 e. The van der Waals surface area contributed by atoms with Crippen LogP contribution in [0.1, 0.15) is 30.4 Å². The number of halogens is 2. The standard InChI is InChI=1S/C22H30N2.2ClH/c1-19-8-10-22(11-9-19)23-14-5-15-24-16-12-21(13-17-24)18-20-6-3-2-4-7-20;;/h2-4,6-11,21,23H,5,12-18H2,1H3;2*1H. The summed E-state index contributed by atoms with van der Waals surface area (Å²) in [4.78, 5) is 2.64. The zero-order valence-corrected chi connectivity index (χ0v) is 17.3. The predicted octanol–water partition coefficient (Wildman–Crippen LogP) is 5.60. The van der Waals surface area contributed by atoms with Crippen LogP contribution in [-0.2, 0) is 6.42 Å². The van der Waals surface area contributed by atoms with Crippen molar-refractivity contribution in [1.29, 1.82) is 0 Å². The summed E-state index contributed by atoms with van der Waals surface area (Å²) in [6.07, 6.45) is 5.17. The third-order valence-electron chi connectivity index (χ3n) is 5.11. The summed E-state index contributed by atoms with van der Waals surface area (Å²) in [5.41, 5.74) is 4.05. The van der Waals surface area contributed by atoms with Gasteiger partial charge in [0.2, 0.25) is 0 Å². The number of hydrogen-bond donors (Lipinski definition) is 1. The Kier molecular flexibility index (Phi) is 10.7. The Bertz CT molecular complexity index is 593. The van der Waals surface area contributed by atoms with Crippen LogP contribution < -0.4 is 5.32 Å². The van der Waals surface area contributed by atoms with Gasteiger partial charge in [-0.1, -0.05) is 48.0 Å². The Labute approximate surface area is 171 Å². The fourth-order valence-electron chi connectivity index (χ4n) is 3.57. The fraction of sp³-hybridized carbons (Fsp3) is 0.455. The number of nitrogens with zero attached hydrogens (tertiary/aromatic N) is 1. The van der Waals surface area contributed by atoms with E-state index in [1.165, 1.54) is 62.1 Å². The lowest BCUT2D eigenvalue weighted by Crippen LogP contribution is -2.35. The summed E-state index contributed by atoms with van der Waals surface area (Å²) in [7, 11) is 0. The quantitative estimate of drug-likeness (QED) is 0.615. The second-order valence-electron chi connectivity index (χ2n) is 7.12. The first-order chi connectivity index (χ1) is 11.8. The van der Waals surface area contributed by atoms with Gasteiger partial charge in [0.1, 0.15) is 0 Å². The molecule has 1 aliphatic heterocycles. The summed E-state index contributed by atoms with van der Waals surface area (Å²) in [6.45, 7) is 6.94. The number of hydrogen-bond acceptors (Lipinski definition) is 2. The van der Waals surface area contributed by atoms with E-state index in [1.54, 1.807) is 0 Å². The van der Waals surface area contributed by atoms with Gasteiger partial charge in [0, 0.05) is 12.2 Å². The van der Waals surface area contributed by atoms with Crippen molar-refractivity contribution < 1.29 is 0 Å². The molecule has 1 aliphatic rings. The van der Waals surface area contributed by atoms with Crippen molar-refractivity contribution >= 4 is 30.5 Å². The molecule has 4 heteroatoms. The molecule has 0 amide bonds. The third-order valence-corrected chi connectivity index (χ3v) is 5.11. The maximum atomic E-state index is 3.53. The van der Waals surface area contributed by atoms with E-state index in [1.807, 2.05) is 0 Å². The average molecular weight is 395 g/mol. The number of rotatable bonds is 7. The van der Waals surface area contributed by atoms with E-state index < -0.39 is 0 Å². The number of piperidine rings is 1. The van der Waals surface area contributed by atoms with Crippen molar-refractivity contribution in [3.8, 4) is 0 Å². The van der Waals surface area contributed by atoms with Crippen molar-refractivity contribution in [3.63, 3.8) is 0 Å². The lowest BCUT2D eigenvalue weighted by molar-refractivity contribution is 0.183. The van der Waals surface area contributed by atoms with Crippen LogP contribution in [0.5, 0.6) is 0 Å². The Morgan fingerprint density at radius 3 is 2.23 bits per heavy atom. The monoisotopic (exact) mass is 394 g/mol. The molecule has 2 aromatic rings. The molecular formula is C22H32Cl2N2. The van der Waals surface area contributed by atoms with Gasteiger partial charge in [-0.25, -0.2) is 0 Å². The minimum absolute atomic E-state index is 0. The van der Waals surface area contributed by atoms with Crippen molar-refractivity contribution in [1.82, 2.24) is 4.90 Å². The van der Waals surface area contributed by atoms with Gasteiger partial charge in [0.25, 0.3) is 0 Å². The van der Waals surface area contributed by atoms with Gasteiger partial charge in [0.05, 0.1) is 0 Å². The summed E-state index contributed by atoms with van der Waals surface area (Å²) < 4.78 is 0. The maximum absolute atomic E-state index is 3.53. The Morgan fingerprint density at radius 2 is 1.58 bits per heavy atom. The van der Waals surface area contributed by atoms with E-state index in [2.05, 4.69) is 71.7 Å². The summed E-state index contributed by atoms with van der Waals surface area (Å²) in [5.74, 6) is 0.870. The molecule has 0 bridgehead atoms. The predicted molar refractivity (Wildman–Crippen MR) is 118 cm³/mol. The molecule has 26 heavy (non-hydrogen) atoms. The molecule has 0 atom stereocenters. The summed E-state index contributed by atoms with van der Waals surface area (Å²) >= 11 is 0. The number of benzene rings is 2. The van der Waals surface area contributed by atoms with E-state index in [0.717, 1.165) is 12.5 Å². The zero-order valence-electron chi connectivity index (χ0n) is 15.7. The van der Waals surface area contributed by atoms with Crippen LogP contribution in [0.2, 0.25) is 0 Å². The molecule has 3 rings (SSSR count).